The maximum atomic E-state index is 8.70. The molecule has 0 fully saturated rings. The maximum Gasteiger partial charge on any atom is 0.115 e. The first-order valence-electron chi connectivity index (χ1n) is 6.95. The molecular weight excluding hydrogens is 258 g/mol. The third-order valence-corrected chi connectivity index (χ3v) is 3.60. The predicted molar refractivity (Wildman–Crippen MR) is 87.2 cm³/mol. The lowest BCUT2D eigenvalue weighted by atomic mass is 10.1. The van der Waals surface area contributed by atoms with Crippen LogP contribution in [0.15, 0.2) is 72.8 Å². The van der Waals surface area contributed by atoms with Gasteiger partial charge in [-0.05, 0) is 52.9 Å². The van der Waals surface area contributed by atoms with E-state index in [1.807, 2.05) is 0 Å². The highest BCUT2D eigenvalue weighted by molar-refractivity contribution is 5.76. The van der Waals surface area contributed by atoms with Gasteiger partial charge in [0.1, 0.15) is 5.75 Å². The van der Waals surface area contributed by atoms with E-state index in [1.54, 1.807) is 24.3 Å². The van der Waals surface area contributed by atoms with Gasteiger partial charge in [-0.25, -0.2) is 0 Å². The van der Waals surface area contributed by atoms with Crippen LogP contribution in [0.3, 0.4) is 0 Å². The summed E-state index contributed by atoms with van der Waals surface area (Å²) in [5.41, 5.74) is 11.7. The molecule has 0 unspecified atom stereocenters. The van der Waals surface area contributed by atoms with Gasteiger partial charge in [0, 0.05) is 5.69 Å². The van der Waals surface area contributed by atoms with Crippen LogP contribution in [-0.4, -0.2) is 5.11 Å². The summed E-state index contributed by atoms with van der Waals surface area (Å²) in [6.07, 6.45) is 1.10. The average Bonchev–Trinajstić information content (AvgIpc) is 2.90. The van der Waals surface area contributed by atoms with Gasteiger partial charge in [-0.15, -0.1) is 0 Å². The molecule has 1 aliphatic carbocycles. The molecule has 0 saturated heterocycles. The molecule has 0 bridgehead atoms. The van der Waals surface area contributed by atoms with Crippen molar-refractivity contribution in [3.8, 4) is 16.9 Å². The van der Waals surface area contributed by atoms with Crippen molar-refractivity contribution in [3.63, 3.8) is 0 Å². The standard InChI is InChI=1S/C13H10.C6H7NO/c1-3-7-12-10(5-1)9-11-6-2-4-8-13(11)12;7-5-1-3-6(8)4-2-5/h1-8H,9H2;1-4,8H,7H2. The lowest BCUT2D eigenvalue weighted by molar-refractivity contribution is 0.475. The second kappa shape index (κ2) is 5.71. The summed E-state index contributed by atoms with van der Waals surface area (Å²) in [5.74, 6) is 0.249. The van der Waals surface area contributed by atoms with E-state index in [0.717, 1.165) is 6.42 Å². The van der Waals surface area contributed by atoms with E-state index in [-0.39, 0.29) is 5.75 Å². The van der Waals surface area contributed by atoms with Crippen molar-refractivity contribution < 1.29 is 5.11 Å². The Morgan fingerprint density at radius 2 is 1.14 bits per heavy atom. The van der Waals surface area contributed by atoms with Gasteiger partial charge in [-0.2, -0.15) is 0 Å². The quantitative estimate of drug-likeness (QED) is 0.372. The molecule has 0 heterocycles. The topological polar surface area (TPSA) is 46.2 Å². The van der Waals surface area contributed by atoms with Gasteiger partial charge in [0.25, 0.3) is 0 Å². The predicted octanol–water partition coefficient (Wildman–Crippen LogP) is 4.23. The molecule has 3 aromatic rings. The smallest absolute Gasteiger partial charge is 0.115 e. The van der Waals surface area contributed by atoms with Crippen LogP contribution in [-0.2, 0) is 6.42 Å². The number of fused-ring (bicyclic) bond motifs is 3. The summed E-state index contributed by atoms with van der Waals surface area (Å²) in [4.78, 5) is 0. The lowest BCUT2D eigenvalue weighted by Gasteiger charge is -1.98. The average molecular weight is 275 g/mol. The third kappa shape index (κ3) is 2.90. The Kier molecular flexibility index (Phi) is 3.61. The molecule has 21 heavy (non-hydrogen) atoms. The first kappa shape index (κ1) is 13.3. The minimum absolute atomic E-state index is 0.249. The van der Waals surface area contributed by atoms with Gasteiger partial charge in [0.15, 0.2) is 0 Å². The minimum atomic E-state index is 0.249. The number of rotatable bonds is 0. The van der Waals surface area contributed by atoms with Crippen LogP contribution in [0.25, 0.3) is 11.1 Å². The van der Waals surface area contributed by atoms with E-state index in [2.05, 4.69) is 48.5 Å². The molecule has 0 spiro atoms. The van der Waals surface area contributed by atoms with Crippen molar-refractivity contribution in [1.82, 2.24) is 0 Å². The Balaban J connectivity index is 0.000000143. The van der Waals surface area contributed by atoms with Gasteiger partial charge in [-0.3, -0.25) is 0 Å². The number of benzene rings is 3. The van der Waals surface area contributed by atoms with Crippen molar-refractivity contribution in [2.75, 3.05) is 5.73 Å². The maximum absolute atomic E-state index is 8.70. The third-order valence-electron chi connectivity index (χ3n) is 3.60. The van der Waals surface area contributed by atoms with Crippen molar-refractivity contribution in [2.24, 2.45) is 0 Å². The number of phenols is 1. The molecule has 3 N–H and O–H groups in total. The second-order valence-corrected chi connectivity index (χ2v) is 5.08. The lowest BCUT2D eigenvalue weighted by Crippen LogP contribution is -1.80. The Bertz CT molecular complexity index is 683. The van der Waals surface area contributed by atoms with Gasteiger partial charge < -0.3 is 10.8 Å². The molecule has 1 aliphatic rings. The van der Waals surface area contributed by atoms with Gasteiger partial charge in [0.05, 0.1) is 0 Å². The summed E-state index contributed by atoms with van der Waals surface area (Å²) in [6.45, 7) is 0. The van der Waals surface area contributed by atoms with E-state index >= 15 is 0 Å². The fraction of sp³-hybridized carbons (Fsp3) is 0.0526. The SMILES string of the molecule is Nc1ccc(O)cc1.c1ccc2c(c1)Cc1ccccc1-2. The largest absolute Gasteiger partial charge is 0.508 e. The van der Waals surface area contributed by atoms with E-state index in [1.165, 1.54) is 22.3 Å². The molecule has 0 aromatic heterocycles. The highest BCUT2D eigenvalue weighted by Gasteiger charge is 2.15. The van der Waals surface area contributed by atoms with Crippen LogP contribution in [0.2, 0.25) is 0 Å². The number of nitrogens with two attached hydrogens (primary N) is 1. The Morgan fingerprint density at radius 3 is 1.62 bits per heavy atom. The zero-order valence-corrected chi connectivity index (χ0v) is 11.7. The Labute approximate surface area is 124 Å². The van der Waals surface area contributed by atoms with Crippen LogP contribution < -0.4 is 5.73 Å². The molecule has 0 saturated carbocycles. The van der Waals surface area contributed by atoms with Crippen LogP contribution in [0.4, 0.5) is 5.69 Å². The fourth-order valence-corrected chi connectivity index (χ4v) is 2.55. The van der Waals surface area contributed by atoms with Crippen LogP contribution in [0, 0.1) is 0 Å². The van der Waals surface area contributed by atoms with E-state index in [4.69, 9.17) is 10.8 Å². The molecule has 3 aromatic carbocycles. The number of hydrogen-bond donors (Lipinski definition) is 2. The molecule has 104 valence electrons. The Morgan fingerprint density at radius 1 is 0.667 bits per heavy atom. The van der Waals surface area contributed by atoms with E-state index in [0.29, 0.717) is 5.69 Å². The monoisotopic (exact) mass is 275 g/mol. The molecule has 0 amide bonds. The number of phenolic OH excluding ortho intramolecular Hbond substituents is 1. The van der Waals surface area contributed by atoms with Gasteiger partial charge >= 0.3 is 0 Å². The first-order valence-corrected chi connectivity index (χ1v) is 6.95. The first-order chi connectivity index (χ1) is 10.2. The number of hydrogen-bond acceptors (Lipinski definition) is 2. The van der Waals surface area contributed by atoms with Gasteiger partial charge in [0.2, 0.25) is 0 Å². The van der Waals surface area contributed by atoms with Crippen molar-refractivity contribution in [1.29, 1.82) is 0 Å². The highest BCUT2D eigenvalue weighted by atomic mass is 16.3. The molecular formula is C19H17NO. The summed E-state index contributed by atoms with van der Waals surface area (Å²) in [5, 5.41) is 8.70. The van der Waals surface area contributed by atoms with E-state index in [9.17, 15) is 0 Å². The van der Waals surface area contributed by atoms with Crippen LogP contribution in [0.1, 0.15) is 11.1 Å². The van der Waals surface area contributed by atoms with Crippen molar-refractivity contribution >= 4 is 5.69 Å². The molecule has 0 atom stereocenters. The summed E-state index contributed by atoms with van der Waals surface area (Å²) < 4.78 is 0. The fourth-order valence-electron chi connectivity index (χ4n) is 2.55. The number of anilines is 1. The van der Waals surface area contributed by atoms with Crippen molar-refractivity contribution in [3.05, 3.63) is 83.9 Å². The molecule has 0 radical (unpaired) electrons. The molecule has 2 nitrogen and oxygen atoms in total. The molecule has 4 rings (SSSR count). The minimum Gasteiger partial charge on any atom is -0.508 e. The summed E-state index contributed by atoms with van der Waals surface area (Å²) >= 11 is 0. The second-order valence-electron chi connectivity index (χ2n) is 5.08. The highest BCUT2D eigenvalue weighted by Crippen LogP contribution is 2.35. The van der Waals surface area contributed by atoms with Crippen LogP contribution >= 0.6 is 0 Å². The van der Waals surface area contributed by atoms with E-state index < -0.39 is 0 Å². The number of aromatic hydroxyl groups is 1. The van der Waals surface area contributed by atoms with Gasteiger partial charge in [-0.1, -0.05) is 48.5 Å². The molecule has 2 heteroatoms. The zero-order valence-electron chi connectivity index (χ0n) is 11.7. The molecule has 0 aliphatic heterocycles. The number of nitrogen functional groups attached to an aromatic ring is 1. The zero-order chi connectivity index (χ0) is 14.7. The summed E-state index contributed by atoms with van der Waals surface area (Å²) in [7, 11) is 0. The summed E-state index contributed by atoms with van der Waals surface area (Å²) in [6, 6.07) is 23.7. The Hall–Kier alpha value is -2.74. The van der Waals surface area contributed by atoms with Crippen molar-refractivity contribution in [2.45, 2.75) is 6.42 Å². The normalized spacial score (nSPS) is 11.0. The van der Waals surface area contributed by atoms with Crippen LogP contribution in [0.5, 0.6) is 5.75 Å².